The summed E-state index contributed by atoms with van der Waals surface area (Å²) in [6.45, 7) is 6.58. The molecule has 0 aliphatic carbocycles. The van der Waals surface area contributed by atoms with Gasteiger partial charge in [-0.3, -0.25) is 0 Å². The topological polar surface area (TPSA) is 38.0 Å². The van der Waals surface area contributed by atoms with Crippen LogP contribution in [0, 0.1) is 5.41 Å². The Bertz CT molecular complexity index is 99.1. The van der Waals surface area contributed by atoms with Crippen LogP contribution in [0.25, 0.3) is 0 Å². The van der Waals surface area contributed by atoms with Gasteiger partial charge in [-0.15, -0.1) is 0 Å². The first kappa shape index (κ1) is 7.03. The van der Waals surface area contributed by atoms with Crippen LogP contribution < -0.4 is 11.1 Å². The standard InChI is InChI=1S/C7H16N2/c1-7(2)5-9-4-3-6(7)8/h6,9H,3-5,8H2,1-2H3/t6-/m0/s1. The lowest BCUT2D eigenvalue weighted by atomic mass is 9.81. The maximum atomic E-state index is 5.87. The Morgan fingerprint density at radius 2 is 2.22 bits per heavy atom. The largest absolute Gasteiger partial charge is 0.327 e. The van der Waals surface area contributed by atoms with E-state index in [1.165, 1.54) is 0 Å². The number of hydrogen-bond acceptors (Lipinski definition) is 2. The van der Waals surface area contributed by atoms with Crippen LogP contribution in [0.1, 0.15) is 20.3 Å². The first-order valence-corrected chi connectivity index (χ1v) is 3.59. The molecule has 3 N–H and O–H groups in total. The minimum absolute atomic E-state index is 0.304. The Morgan fingerprint density at radius 3 is 2.56 bits per heavy atom. The lowest BCUT2D eigenvalue weighted by molar-refractivity contribution is 0.221. The van der Waals surface area contributed by atoms with E-state index in [4.69, 9.17) is 5.73 Å². The lowest BCUT2D eigenvalue weighted by Gasteiger charge is -2.36. The van der Waals surface area contributed by atoms with Crippen molar-refractivity contribution in [2.45, 2.75) is 26.3 Å². The zero-order valence-corrected chi connectivity index (χ0v) is 6.28. The molecule has 9 heavy (non-hydrogen) atoms. The molecule has 0 aromatic heterocycles. The minimum atomic E-state index is 0.304. The second-order valence-corrected chi connectivity index (χ2v) is 3.56. The fourth-order valence-corrected chi connectivity index (χ4v) is 1.19. The normalized spacial score (nSPS) is 34.3. The highest BCUT2D eigenvalue weighted by Crippen LogP contribution is 2.22. The van der Waals surface area contributed by atoms with Gasteiger partial charge in [0.2, 0.25) is 0 Å². The first-order chi connectivity index (χ1) is 4.13. The van der Waals surface area contributed by atoms with E-state index in [-0.39, 0.29) is 0 Å². The van der Waals surface area contributed by atoms with Gasteiger partial charge in [-0.05, 0) is 18.4 Å². The van der Waals surface area contributed by atoms with Crippen LogP contribution >= 0.6 is 0 Å². The van der Waals surface area contributed by atoms with Crippen molar-refractivity contribution < 1.29 is 0 Å². The quantitative estimate of drug-likeness (QED) is 0.493. The SMILES string of the molecule is CC1(C)CNCC[C@@H]1N. The van der Waals surface area contributed by atoms with Crippen molar-refractivity contribution in [3.05, 3.63) is 0 Å². The van der Waals surface area contributed by atoms with Gasteiger partial charge >= 0.3 is 0 Å². The van der Waals surface area contributed by atoms with Gasteiger partial charge in [0, 0.05) is 12.6 Å². The Morgan fingerprint density at radius 1 is 1.56 bits per heavy atom. The summed E-state index contributed by atoms with van der Waals surface area (Å²) in [5.41, 5.74) is 6.18. The van der Waals surface area contributed by atoms with Crippen molar-refractivity contribution in [3.63, 3.8) is 0 Å². The number of piperidine rings is 1. The third kappa shape index (κ3) is 1.43. The Labute approximate surface area is 56.8 Å². The van der Waals surface area contributed by atoms with E-state index in [1.807, 2.05) is 0 Å². The molecule has 0 aromatic rings. The van der Waals surface area contributed by atoms with E-state index >= 15 is 0 Å². The average molecular weight is 128 g/mol. The molecule has 1 rings (SSSR count). The molecular weight excluding hydrogens is 112 g/mol. The summed E-state index contributed by atoms with van der Waals surface area (Å²) in [7, 11) is 0. The number of rotatable bonds is 0. The van der Waals surface area contributed by atoms with E-state index in [1.54, 1.807) is 0 Å². The van der Waals surface area contributed by atoms with Crippen LogP contribution in [0.4, 0.5) is 0 Å². The van der Waals surface area contributed by atoms with Crippen molar-refractivity contribution in [3.8, 4) is 0 Å². The van der Waals surface area contributed by atoms with Crippen LogP contribution in [0.5, 0.6) is 0 Å². The molecule has 0 unspecified atom stereocenters. The molecule has 1 atom stereocenters. The van der Waals surface area contributed by atoms with Crippen molar-refractivity contribution >= 4 is 0 Å². The van der Waals surface area contributed by atoms with Crippen molar-refractivity contribution in [2.75, 3.05) is 13.1 Å². The second-order valence-electron chi connectivity index (χ2n) is 3.56. The summed E-state index contributed by atoms with van der Waals surface area (Å²) in [6, 6.07) is 0.388. The van der Waals surface area contributed by atoms with Crippen molar-refractivity contribution in [1.82, 2.24) is 5.32 Å². The molecular formula is C7H16N2. The molecule has 2 heteroatoms. The molecule has 0 bridgehead atoms. The smallest absolute Gasteiger partial charge is 0.0114 e. The zero-order valence-electron chi connectivity index (χ0n) is 6.28. The summed E-state index contributed by atoms with van der Waals surface area (Å²) in [4.78, 5) is 0. The highest BCUT2D eigenvalue weighted by atomic mass is 14.9. The number of nitrogens with one attached hydrogen (secondary N) is 1. The maximum Gasteiger partial charge on any atom is 0.0114 e. The molecule has 1 aliphatic rings. The van der Waals surface area contributed by atoms with Gasteiger partial charge in [0.15, 0.2) is 0 Å². The molecule has 0 spiro atoms. The van der Waals surface area contributed by atoms with Gasteiger partial charge in [0.05, 0.1) is 0 Å². The first-order valence-electron chi connectivity index (χ1n) is 3.59. The molecule has 0 saturated carbocycles. The van der Waals surface area contributed by atoms with Gasteiger partial charge in [-0.2, -0.15) is 0 Å². The van der Waals surface area contributed by atoms with Gasteiger partial charge in [0.1, 0.15) is 0 Å². The summed E-state index contributed by atoms with van der Waals surface area (Å²) >= 11 is 0. The second kappa shape index (κ2) is 2.27. The minimum Gasteiger partial charge on any atom is -0.327 e. The molecule has 1 fully saturated rings. The Hall–Kier alpha value is -0.0800. The summed E-state index contributed by atoms with van der Waals surface area (Å²) in [5.74, 6) is 0. The van der Waals surface area contributed by atoms with Gasteiger partial charge in [0.25, 0.3) is 0 Å². The van der Waals surface area contributed by atoms with E-state index in [2.05, 4.69) is 19.2 Å². The lowest BCUT2D eigenvalue weighted by Crippen LogP contribution is -2.50. The maximum absolute atomic E-state index is 5.87. The monoisotopic (exact) mass is 128 g/mol. The van der Waals surface area contributed by atoms with Gasteiger partial charge in [-0.1, -0.05) is 13.8 Å². The van der Waals surface area contributed by atoms with Crippen LogP contribution in [0.2, 0.25) is 0 Å². The summed E-state index contributed by atoms with van der Waals surface area (Å²) in [6.07, 6.45) is 1.12. The predicted molar refractivity (Wildman–Crippen MR) is 39.2 cm³/mol. The highest BCUT2D eigenvalue weighted by molar-refractivity contribution is 4.87. The molecule has 0 radical (unpaired) electrons. The third-order valence-corrected chi connectivity index (χ3v) is 2.22. The molecule has 1 saturated heterocycles. The number of hydrogen-bond donors (Lipinski definition) is 2. The van der Waals surface area contributed by atoms with Gasteiger partial charge in [-0.25, -0.2) is 0 Å². The summed E-state index contributed by atoms with van der Waals surface area (Å²) < 4.78 is 0. The van der Waals surface area contributed by atoms with Crippen LogP contribution in [-0.4, -0.2) is 19.1 Å². The van der Waals surface area contributed by atoms with E-state index < -0.39 is 0 Å². The van der Waals surface area contributed by atoms with E-state index in [0.717, 1.165) is 19.5 Å². The van der Waals surface area contributed by atoms with Crippen LogP contribution in [0.15, 0.2) is 0 Å². The fraction of sp³-hybridized carbons (Fsp3) is 1.00. The van der Waals surface area contributed by atoms with Crippen LogP contribution in [-0.2, 0) is 0 Å². The molecule has 0 aromatic carbocycles. The van der Waals surface area contributed by atoms with Crippen LogP contribution in [0.3, 0.4) is 0 Å². The van der Waals surface area contributed by atoms with Crippen molar-refractivity contribution in [1.29, 1.82) is 0 Å². The fourth-order valence-electron chi connectivity index (χ4n) is 1.19. The third-order valence-electron chi connectivity index (χ3n) is 2.22. The van der Waals surface area contributed by atoms with Gasteiger partial charge < -0.3 is 11.1 Å². The van der Waals surface area contributed by atoms with E-state index in [9.17, 15) is 0 Å². The Kier molecular flexibility index (Phi) is 1.78. The molecule has 2 nitrogen and oxygen atoms in total. The average Bonchev–Trinajstić information content (AvgIpc) is 1.77. The summed E-state index contributed by atoms with van der Waals surface area (Å²) in [5, 5.41) is 3.33. The van der Waals surface area contributed by atoms with E-state index in [0.29, 0.717) is 11.5 Å². The molecule has 54 valence electrons. The van der Waals surface area contributed by atoms with Crippen molar-refractivity contribution in [2.24, 2.45) is 11.1 Å². The Balaban J connectivity index is 2.49. The highest BCUT2D eigenvalue weighted by Gasteiger charge is 2.28. The molecule has 1 aliphatic heterocycles. The number of nitrogens with two attached hydrogens (primary N) is 1. The molecule has 0 amide bonds. The molecule has 1 heterocycles. The predicted octanol–water partition coefficient (Wildman–Crippen LogP) is 0.333. The zero-order chi connectivity index (χ0) is 6.91.